The first kappa shape index (κ1) is 13.3. The summed E-state index contributed by atoms with van der Waals surface area (Å²) < 4.78 is 12.4. The van der Waals surface area contributed by atoms with Crippen molar-refractivity contribution < 1.29 is 14.1 Å². The standard InChI is InChI=1S/C14H18O3S/c15-14(16)11-7-9-13(10-8-11)18(17)12-5-3-1-2-4-6-12/h7-10,12H,1-6H2,(H,15,16). The molecule has 2 rings (SSSR count). The smallest absolute Gasteiger partial charge is 0.335 e. The van der Waals surface area contributed by atoms with Gasteiger partial charge in [0, 0.05) is 10.1 Å². The minimum atomic E-state index is -0.995. The monoisotopic (exact) mass is 266 g/mol. The highest BCUT2D eigenvalue weighted by Gasteiger charge is 2.20. The third kappa shape index (κ3) is 3.19. The number of carbonyl (C=O) groups is 1. The molecule has 0 bridgehead atoms. The Kier molecular flexibility index (Phi) is 4.53. The number of hydrogen-bond acceptors (Lipinski definition) is 2. The van der Waals surface area contributed by atoms with Gasteiger partial charge in [0.25, 0.3) is 0 Å². The molecule has 0 spiro atoms. The summed E-state index contributed by atoms with van der Waals surface area (Å²) in [6, 6.07) is 6.44. The maximum absolute atomic E-state index is 12.4. The van der Waals surface area contributed by atoms with Crippen molar-refractivity contribution in [3.8, 4) is 0 Å². The highest BCUT2D eigenvalue weighted by Crippen LogP contribution is 2.25. The molecule has 1 saturated carbocycles. The van der Waals surface area contributed by atoms with Gasteiger partial charge in [0.2, 0.25) is 0 Å². The SMILES string of the molecule is O=C(O)c1ccc(S(=O)C2CCCCCC2)cc1. The molecular weight excluding hydrogens is 248 g/mol. The van der Waals surface area contributed by atoms with Gasteiger partial charge in [-0.1, -0.05) is 25.7 Å². The first-order chi connectivity index (χ1) is 8.68. The minimum Gasteiger partial charge on any atom is -0.478 e. The van der Waals surface area contributed by atoms with Crippen LogP contribution in [0.4, 0.5) is 0 Å². The second kappa shape index (κ2) is 6.14. The maximum Gasteiger partial charge on any atom is 0.335 e. The lowest BCUT2D eigenvalue weighted by molar-refractivity contribution is 0.0697. The minimum absolute atomic E-state index is 0.239. The predicted molar refractivity (Wildman–Crippen MR) is 71.3 cm³/mol. The fourth-order valence-corrected chi connectivity index (χ4v) is 3.93. The van der Waals surface area contributed by atoms with Crippen LogP contribution in [0.3, 0.4) is 0 Å². The summed E-state index contributed by atoms with van der Waals surface area (Å²) in [6.07, 6.45) is 6.84. The average molecular weight is 266 g/mol. The van der Waals surface area contributed by atoms with Crippen LogP contribution in [-0.4, -0.2) is 20.5 Å². The van der Waals surface area contributed by atoms with Crippen molar-refractivity contribution in [2.45, 2.75) is 48.7 Å². The van der Waals surface area contributed by atoms with Crippen molar-refractivity contribution >= 4 is 16.8 Å². The molecule has 1 unspecified atom stereocenters. The van der Waals surface area contributed by atoms with Crippen molar-refractivity contribution in [1.82, 2.24) is 0 Å². The normalized spacial score (nSPS) is 19.1. The van der Waals surface area contributed by atoms with E-state index in [9.17, 15) is 9.00 Å². The molecule has 98 valence electrons. The van der Waals surface area contributed by atoms with Gasteiger partial charge < -0.3 is 5.11 Å². The van der Waals surface area contributed by atoms with E-state index >= 15 is 0 Å². The Balaban J connectivity index is 2.10. The zero-order chi connectivity index (χ0) is 13.0. The summed E-state index contributed by atoms with van der Waals surface area (Å²) in [6.45, 7) is 0. The van der Waals surface area contributed by atoms with E-state index in [-0.39, 0.29) is 10.8 Å². The van der Waals surface area contributed by atoms with E-state index < -0.39 is 16.8 Å². The van der Waals surface area contributed by atoms with E-state index in [0.29, 0.717) is 0 Å². The highest BCUT2D eigenvalue weighted by atomic mass is 32.2. The predicted octanol–water partition coefficient (Wildman–Crippen LogP) is 3.22. The van der Waals surface area contributed by atoms with Crippen molar-refractivity contribution in [3.05, 3.63) is 29.8 Å². The van der Waals surface area contributed by atoms with Gasteiger partial charge in [-0.2, -0.15) is 0 Å². The molecule has 1 atom stereocenters. The Morgan fingerprint density at radius 1 is 1.06 bits per heavy atom. The second-order valence-electron chi connectivity index (χ2n) is 4.74. The summed E-state index contributed by atoms with van der Waals surface area (Å²) in [5.74, 6) is -0.943. The summed E-state index contributed by atoms with van der Waals surface area (Å²) in [5, 5.41) is 9.06. The van der Waals surface area contributed by atoms with Crippen LogP contribution in [0.25, 0.3) is 0 Å². The molecule has 0 amide bonds. The van der Waals surface area contributed by atoms with E-state index in [2.05, 4.69) is 0 Å². The maximum atomic E-state index is 12.4. The zero-order valence-electron chi connectivity index (χ0n) is 10.3. The van der Waals surface area contributed by atoms with Gasteiger partial charge in [-0.25, -0.2) is 4.79 Å². The van der Waals surface area contributed by atoms with Crippen molar-refractivity contribution in [1.29, 1.82) is 0 Å². The van der Waals surface area contributed by atoms with Gasteiger partial charge >= 0.3 is 5.97 Å². The molecule has 1 aromatic carbocycles. The topological polar surface area (TPSA) is 54.4 Å². The number of aromatic carboxylic acids is 1. The third-order valence-corrected chi connectivity index (χ3v) is 5.25. The van der Waals surface area contributed by atoms with Crippen LogP contribution in [-0.2, 0) is 10.8 Å². The van der Waals surface area contributed by atoms with Gasteiger partial charge in [-0.05, 0) is 37.1 Å². The third-order valence-electron chi connectivity index (χ3n) is 3.44. The molecule has 1 N–H and O–H groups in total. The first-order valence-electron chi connectivity index (χ1n) is 6.42. The summed E-state index contributed by atoms with van der Waals surface area (Å²) in [7, 11) is -0.995. The van der Waals surface area contributed by atoms with Crippen LogP contribution in [0.1, 0.15) is 48.9 Å². The van der Waals surface area contributed by atoms with Crippen LogP contribution in [0.5, 0.6) is 0 Å². The Morgan fingerprint density at radius 3 is 2.11 bits per heavy atom. The molecule has 18 heavy (non-hydrogen) atoms. The van der Waals surface area contributed by atoms with Crippen LogP contribution >= 0.6 is 0 Å². The molecule has 0 radical (unpaired) electrons. The molecule has 0 heterocycles. The lowest BCUT2D eigenvalue weighted by atomic mass is 10.2. The zero-order valence-corrected chi connectivity index (χ0v) is 11.1. The number of benzene rings is 1. The van der Waals surface area contributed by atoms with Gasteiger partial charge in [-0.3, -0.25) is 4.21 Å². The van der Waals surface area contributed by atoms with E-state index in [1.165, 1.54) is 25.0 Å². The Hall–Kier alpha value is -1.16. The van der Waals surface area contributed by atoms with Crippen LogP contribution in [0.15, 0.2) is 29.2 Å². The Morgan fingerprint density at radius 2 is 1.61 bits per heavy atom. The molecule has 0 aromatic heterocycles. The lowest BCUT2D eigenvalue weighted by Gasteiger charge is -2.13. The van der Waals surface area contributed by atoms with Crippen LogP contribution in [0, 0.1) is 0 Å². The second-order valence-corrected chi connectivity index (χ2v) is 6.47. The molecule has 1 aromatic rings. The molecule has 4 heteroatoms. The van der Waals surface area contributed by atoms with E-state index in [1.54, 1.807) is 12.1 Å². The molecular formula is C14H18O3S. The molecule has 1 aliphatic rings. The van der Waals surface area contributed by atoms with E-state index in [4.69, 9.17) is 5.11 Å². The fraction of sp³-hybridized carbons (Fsp3) is 0.500. The van der Waals surface area contributed by atoms with Gasteiger partial charge in [0.15, 0.2) is 0 Å². The van der Waals surface area contributed by atoms with Crippen molar-refractivity contribution in [3.63, 3.8) is 0 Å². The molecule has 0 saturated heterocycles. The van der Waals surface area contributed by atoms with Gasteiger partial charge in [-0.15, -0.1) is 0 Å². The fourth-order valence-electron chi connectivity index (χ4n) is 2.38. The van der Waals surface area contributed by atoms with E-state index in [0.717, 1.165) is 30.6 Å². The Labute approximate surface area is 110 Å². The van der Waals surface area contributed by atoms with Crippen molar-refractivity contribution in [2.75, 3.05) is 0 Å². The van der Waals surface area contributed by atoms with Crippen LogP contribution < -0.4 is 0 Å². The van der Waals surface area contributed by atoms with E-state index in [1.807, 2.05) is 0 Å². The van der Waals surface area contributed by atoms with Gasteiger partial charge in [0.05, 0.1) is 16.4 Å². The number of carboxylic acids is 1. The summed E-state index contributed by atoms with van der Waals surface area (Å²) >= 11 is 0. The molecule has 0 aliphatic heterocycles. The number of carboxylic acid groups (broad SMARTS) is 1. The summed E-state index contributed by atoms with van der Waals surface area (Å²) in [5.41, 5.74) is 0.247. The largest absolute Gasteiger partial charge is 0.478 e. The summed E-state index contributed by atoms with van der Waals surface area (Å²) in [4.78, 5) is 11.5. The number of hydrogen-bond donors (Lipinski definition) is 1. The van der Waals surface area contributed by atoms with Crippen LogP contribution in [0.2, 0.25) is 0 Å². The van der Waals surface area contributed by atoms with Crippen molar-refractivity contribution in [2.24, 2.45) is 0 Å². The lowest BCUT2D eigenvalue weighted by Crippen LogP contribution is -2.14. The first-order valence-corrected chi connectivity index (χ1v) is 7.64. The average Bonchev–Trinajstić information content (AvgIpc) is 2.67. The molecule has 3 nitrogen and oxygen atoms in total. The van der Waals surface area contributed by atoms with Gasteiger partial charge in [0.1, 0.15) is 0 Å². The highest BCUT2D eigenvalue weighted by molar-refractivity contribution is 7.85. The number of rotatable bonds is 3. The molecule has 1 fully saturated rings. The molecule has 1 aliphatic carbocycles. The Bertz CT molecular complexity index is 431. The quantitative estimate of drug-likeness (QED) is 0.855.